The quantitative estimate of drug-likeness (QED) is 0.308. The van der Waals surface area contributed by atoms with Gasteiger partial charge < -0.3 is 24.3 Å². The van der Waals surface area contributed by atoms with Gasteiger partial charge in [-0.15, -0.1) is 0 Å². The first kappa shape index (κ1) is 16.7. The van der Waals surface area contributed by atoms with E-state index in [1.54, 1.807) is 21.3 Å². The molecule has 0 spiro atoms. The Kier molecular flexibility index (Phi) is 10.6. The van der Waals surface area contributed by atoms with Crippen molar-refractivity contribution in [2.45, 2.75) is 12.5 Å². The topological polar surface area (TPSA) is 78.1 Å². The molecule has 0 unspecified atom stereocenters. The summed E-state index contributed by atoms with van der Waals surface area (Å²) in [5.74, 6) is 0. The molecule has 0 amide bonds. The standard InChI is InChI=1S/C10H25N3O3Si/c1-14-17(15-2,16-3)10-4-6-12-8-9-13-7-5-11/h8,13H,4-7,9-11H2,1-3H3. The van der Waals surface area contributed by atoms with Gasteiger partial charge in [-0.25, -0.2) is 0 Å². The number of hydrogen-bond acceptors (Lipinski definition) is 6. The van der Waals surface area contributed by atoms with Gasteiger partial charge in [0.2, 0.25) is 0 Å². The molecule has 17 heavy (non-hydrogen) atoms. The monoisotopic (exact) mass is 263 g/mol. The highest BCUT2D eigenvalue weighted by molar-refractivity contribution is 6.60. The summed E-state index contributed by atoms with van der Waals surface area (Å²) in [5, 5.41) is 3.14. The van der Waals surface area contributed by atoms with Crippen LogP contribution in [-0.4, -0.2) is 62.5 Å². The van der Waals surface area contributed by atoms with Crippen LogP contribution < -0.4 is 11.1 Å². The van der Waals surface area contributed by atoms with Crippen molar-refractivity contribution in [1.82, 2.24) is 5.32 Å². The van der Waals surface area contributed by atoms with Crippen molar-refractivity contribution in [3.63, 3.8) is 0 Å². The van der Waals surface area contributed by atoms with E-state index in [1.807, 2.05) is 6.21 Å². The summed E-state index contributed by atoms with van der Waals surface area (Å²) < 4.78 is 15.9. The highest BCUT2D eigenvalue weighted by Crippen LogP contribution is 2.14. The van der Waals surface area contributed by atoms with E-state index in [-0.39, 0.29) is 0 Å². The van der Waals surface area contributed by atoms with E-state index in [0.717, 1.165) is 32.1 Å². The van der Waals surface area contributed by atoms with Crippen molar-refractivity contribution in [3.05, 3.63) is 0 Å². The molecule has 0 heterocycles. The summed E-state index contributed by atoms with van der Waals surface area (Å²) in [7, 11) is 2.47. The molecule has 0 fully saturated rings. The van der Waals surface area contributed by atoms with Gasteiger partial charge in [-0.05, 0) is 6.42 Å². The average molecular weight is 263 g/mol. The average Bonchev–Trinajstić information content (AvgIpc) is 2.38. The van der Waals surface area contributed by atoms with Crippen LogP contribution in [0.4, 0.5) is 0 Å². The van der Waals surface area contributed by atoms with E-state index < -0.39 is 8.80 Å². The minimum atomic E-state index is -2.40. The van der Waals surface area contributed by atoms with Crippen LogP contribution in [-0.2, 0) is 13.3 Å². The Bertz CT molecular complexity index is 193. The Hall–Kier alpha value is -0.313. The zero-order valence-electron chi connectivity index (χ0n) is 11.1. The van der Waals surface area contributed by atoms with Crippen LogP contribution in [0.2, 0.25) is 6.04 Å². The van der Waals surface area contributed by atoms with Crippen LogP contribution in [0.5, 0.6) is 0 Å². The van der Waals surface area contributed by atoms with E-state index in [4.69, 9.17) is 19.0 Å². The summed E-state index contributed by atoms with van der Waals surface area (Å²) in [5.41, 5.74) is 5.34. The smallest absolute Gasteiger partial charge is 0.377 e. The summed E-state index contributed by atoms with van der Waals surface area (Å²) in [6, 6.07) is 0.782. The molecule has 0 aliphatic heterocycles. The lowest BCUT2D eigenvalue weighted by Crippen LogP contribution is -2.42. The molecule has 0 rings (SSSR count). The zero-order chi connectivity index (χ0) is 13.0. The van der Waals surface area contributed by atoms with Gasteiger partial charge in [0.15, 0.2) is 0 Å². The van der Waals surface area contributed by atoms with E-state index in [0.29, 0.717) is 6.54 Å². The number of hydrogen-bond donors (Lipinski definition) is 2. The van der Waals surface area contributed by atoms with Crippen molar-refractivity contribution in [3.8, 4) is 0 Å². The molecule has 0 radical (unpaired) electrons. The molecule has 0 aromatic carbocycles. The molecular weight excluding hydrogens is 238 g/mol. The van der Waals surface area contributed by atoms with Gasteiger partial charge in [-0.3, -0.25) is 4.99 Å². The van der Waals surface area contributed by atoms with Gasteiger partial charge in [-0.2, -0.15) is 0 Å². The van der Waals surface area contributed by atoms with E-state index in [9.17, 15) is 0 Å². The van der Waals surface area contributed by atoms with Gasteiger partial charge in [0.25, 0.3) is 0 Å². The van der Waals surface area contributed by atoms with Crippen LogP contribution >= 0.6 is 0 Å². The van der Waals surface area contributed by atoms with Crippen LogP contribution in [0.15, 0.2) is 4.99 Å². The molecule has 0 saturated carbocycles. The van der Waals surface area contributed by atoms with Gasteiger partial charge in [0, 0.05) is 59.8 Å². The predicted molar refractivity (Wildman–Crippen MR) is 71.5 cm³/mol. The highest BCUT2D eigenvalue weighted by Gasteiger charge is 2.36. The minimum Gasteiger partial charge on any atom is -0.377 e. The third-order valence-electron chi connectivity index (χ3n) is 2.39. The molecule has 0 atom stereocenters. The van der Waals surface area contributed by atoms with E-state index in [1.165, 1.54) is 0 Å². The first-order valence-electron chi connectivity index (χ1n) is 5.79. The number of rotatable bonds is 11. The molecule has 7 heteroatoms. The van der Waals surface area contributed by atoms with E-state index >= 15 is 0 Å². The lowest BCUT2D eigenvalue weighted by atomic mass is 10.5. The third-order valence-corrected chi connectivity index (χ3v) is 5.22. The van der Waals surface area contributed by atoms with Crippen molar-refractivity contribution in [2.75, 3.05) is 47.5 Å². The predicted octanol–water partition coefficient (Wildman–Crippen LogP) is -0.126. The second-order valence-corrected chi connectivity index (χ2v) is 6.57. The molecule has 0 saturated heterocycles. The Balaban J connectivity index is 3.61. The Labute approximate surface area is 105 Å². The van der Waals surface area contributed by atoms with E-state index in [2.05, 4.69) is 10.3 Å². The van der Waals surface area contributed by atoms with Gasteiger partial charge >= 0.3 is 8.80 Å². The SMILES string of the molecule is CO[Si](CCCN=CCNCCN)(OC)OC. The van der Waals surface area contributed by atoms with Gasteiger partial charge in [0.1, 0.15) is 0 Å². The maximum Gasteiger partial charge on any atom is 0.500 e. The zero-order valence-corrected chi connectivity index (χ0v) is 12.1. The lowest BCUT2D eigenvalue weighted by molar-refractivity contribution is 0.123. The molecule has 6 nitrogen and oxygen atoms in total. The second-order valence-electron chi connectivity index (χ2n) is 3.48. The van der Waals surface area contributed by atoms with Crippen LogP contribution in [0, 0.1) is 0 Å². The number of nitrogens with one attached hydrogen (secondary N) is 1. The Morgan fingerprint density at radius 3 is 2.41 bits per heavy atom. The molecule has 0 aromatic heterocycles. The van der Waals surface area contributed by atoms with Crippen molar-refractivity contribution in [1.29, 1.82) is 0 Å². The largest absolute Gasteiger partial charge is 0.500 e. The fraction of sp³-hybridized carbons (Fsp3) is 0.900. The Morgan fingerprint density at radius 1 is 1.24 bits per heavy atom. The summed E-state index contributed by atoms with van der Waals surface area (Å²) >= 11 is 0. The maximum atomic E-state index is 5.34. The summed E-state index contributed by atoms with van der Waals surface area (Å²) in [6.45, 7) is 2.99. The van der Waals surface area contributed by atoms with Crippen LogP contribution in [0.3, 0.4) is 0 Å². The van der Waals surface area contributed by atoms with Crippen molar-refractivity contribution < 1.29 is 13.3 Å². The van der Waals surface area contributed by atoms with Crippen molar-refractivity contribution in [2.24, 2.45) is 10.7 Å². The second kappa shape index (κ2) is 10.8. The molecule has 0 aliphatic rings. The highest BCUT2D eigenvalue weighted by atomic mass is 28.4. The molecular formula is C10H25N3O3Si. The molecule has 0 bridgehead atoms. The summed E-state index contributed by atoms with van der Waals surface area (Å²) in [4.78, 5) is 4.28. The van der Waals surface area contributed by atoms with Crippen molar-refractivity contribution >= 4 is 15.0 Å². The van der Waals surface area contributed by atoms with Gasteiger partial charge in [0.05, 0.1) is 0 Å². The van der Waals surface area contributed by atoms with Gasteiger partial charge in [-0.1, -0.05) is 0 Å². The first-order chi connectivity index (χ1) is 8.24. The normalized spacial score (nSPS) is 12.5. The molecule has 3 N–H and O–H groups in total. The number of aliphatic imine (C=N–C) groups is 1. The molecule has 0 aliphatic carbocycles. The van der Waals surface area contributed by atoms with Crippen LogP contribution in [0.25, 0.3) is 0 Å². The minimum absolute atomic E-state index is 0.650. The third kappa shape index (κ3) is 7.58. The first-order valence-corrected chi connectivity index (χ1v) is 7.72. The number of nitrogens with two attached hydrogens (primary N) is 1. The maximum absolute atomic E-state index is 5.34. The lowest BCUT2D eigenvalue weighted by Gasteiger charge is -2.23. The molecule has 102 valence electrons. The summed E-state index contributed by atoms with van der Waals surface area (Å²) in [6.07, 6.45) is 2.76. The Morgan fingerprint density at radius 2 is 1.88 bits per heavy atom. The molecule has 0 aromatic rings. The van der Waals surface area contributed by atoms with Crippen LogP contribution in [0.1, 0.15) is 6.42 Å². The fourth-order valence-electron chi connectivity index (χ4n) is 1.37. The fourth-order valence-corrected chi connectivity index (χ4v) is 3.07. The number of nitrogens with zero attached hydrogens (tertiary/aromatic N) is 1.